The van der Waals surface area contributed by atoms with Crippen molar-refractivity contribution < 1.29 is 4.74 Å². The van der Waals surface area contributed by atoms with Gasteiger partial charge in [0, 0.05) is 18.7 Å². The Kier molecular flexibility index (Phi) is 4.76. The summed E-state index contributed by atoms with van der Waals surface area (Å²) in [5.74, 6) is 0. The van der Waals surface area contributed by atoms with Gasteiger partial charge in [0.25, 0.3) is 0 Å². The Labute approximate surface area is 148 Å². The lowest BCUT2D eigenvalue weighted by atomic mass is 10.0. The van der Waals surface area contributed by atoms with E-state index in [0.29, 0.717) is 0 Å². The number of rotatable bonds is 4. The molecule has 2 aliphatic rings. The molecule has 0 unspecified atom stereocenters. The molecule has 0 aromatic heterocycles. The first kappa shape index (κ1) is 16.2. The highest BCUT2D eigenvalue weighted by Gasteiger charge is 2.38. The van der Waals surface area contributed by atoms with Crippen LogP contribution < -0.4 is 5.01 Å². The van der Waals surface area contributed by atoms with Crippen LogP contribution >= 0.6 is 0 Å². The van der Waals surface area contributed by atoms with E-state index in [1.165, 1.54) is 11.1 Å². The second-order valence-corrected chi connectivity index (χ2v) is 6.47. The number of morpholine rings is 1. The first-order chi connectivity index (χ1) is 12.4. The van der Waals surface area contributed by atoms with Crippen molar-refractivity contribution in [3.05, 3.63) is 54.6 Å². The molecule has 0 spiro atoms. The molecule has 5 heteroatoms. The summed E-state index contributed by atoms with van der Waals surface area (Å²) in [4.78, 5) is 2.46. The van der Waals surface area contributed by atoms with Crippen LogP contribution in [0.3, 0.4) is 0 Å². The molecular formula is C20H24N4O. The van der Waals surface area contributed by atoms with Crippen molar-refractivity contribution in [1.29, 1.82) is 0 Å². The lowest BCUT2D eigenvalue weighted by Crippen LogP contribution is -2.53. The Morgan fingerprint density at radius 2 is 1.72 bits per heavy atom. The van der Waals surface area contributed by atoms with Gasteiger partial charge in [-0.1, -0.05) is 60.7 Å². The fraction of sp³-hybridized carbons (Fsp3) is 0.400. The van der Waals surface area contributed by atoms with Crippen molar-refractivity contribution in [3.63, 3.8) is 0 Å². The molecule has 2 aromatic rings. The molecule has 0 amide bonds. The van der Waals surface area contributed by atoms with Gasteiger partial charge in [-0.2, -0.15) is 5.11 Å². The van der Waals surface area contributed by atoms with Gasteiger partial charge in [-0.15, -0.1) is 0 Å². The Balaban J connectivity index is 1.72. The predicted molar refractivity (Wildman–Crippen MR) is 99.5 cm³/mol. The summed E-state index contributed by atoms with van der Waals surface area (Å²) >= 11 is 0. The van der Waals surface area contributed by atoms with Crippen molar-refractivity contribution in [2.75, 3.05) is 31.3 Å². The molecule has 4 rings (SSSR count). The lowest BCUT2D eigenvalue weighted by Gasteiger charge is -2.38. The van der Waals surface area contributed by atoms with Gasteiger partial charge in [0.15, 0.2) is 0 Å². The number of benzene rings is 2. The fourth-order valence-electron chi connectivity index (χ4n) is 3.66. The molecule has 1 fully saturated rings. The molecule has 2 aromatic carbocycles. The molecule has 0 radical (unpaired) electrons. The van der Waals surface area contributed by atoms with Gasteiger partial charge >= 0.3 is 0 Å². The SMILES string of the molecule is CC[C@@H]1N=NN(c2ccccc2-c2ccccc2)[C@H]1N1CCOCC1. The largest absolute Gasteiger partial charge is 0.379 e. The smallest absolute Gasteiger partial charge is 0.131 e. The van der Waals surface area contributed by atoms with Crippen LogP contribution in [0.2, 0.25) is 0 Å². The maximum absolute atomic E-state index is 5.54. The summed E-state index contributed by atoms with van der Waals surface area (Å²) in [6, 6.07) is 19.2. The maximum atomic E-state index is 5.54. The lowest BCUT2D eigenvalue weighted by molar-refractivity contribution is 0.0140. The van der Waals surface area contributed by atoms with Crippen LogP contribution in [0.1, 0.15) is 13.3 Å². The van der Waals surface area contributed by atoms with Crippen molar-refractivity contribution in [2.24, 2.45) is 10.3 Å². The van der Waals surface area contributed by atoms with Gasteiger partial charge in [0.1, 0.15) is 12.2 Å². The summed E-state index contributed by atoms with van der Waals surface area (Å²) in [6.07, 6.45) is 1.15. The fourth-order valence-corrected chi connectivity index (χ4v) is 3.66. The standard InChI is InChI=1S/C20H24N4O/c1-2-18-20(23-12-14-25-15-13-23)24(22-21-18)19-11-7-6-10-17(19)16-8-4-3-5-9-16/h3-11,18,20H,2,12-15H2,1H3/t18-,20+/m0/s1. The molecular weight excluding hydrogens is 312 g/mol. The first-order valence-corrected chi connectivity index (χ1v) is 9.04. The zero-order chi connectivity index (χ0) is 17.1. The van der Waals surface area contributed by atoms with E-state index < -0.39 is 0 Å². The average Bonchev–Trinajstić information content (AvgIpc) is 3.13. The van der Waals surface area contributed by atoms with E-state index in [-0.39, 0.29) is 12.2 Å². The Morgan fingerprint density at radius 3 is 2.48 bits per heavy atom. The van der Waals surface area contributed by atoms with Crippen molar-refractivity contribution in [1.82, 2.24) is 4.90 Å². The average molecular weight is 336 g/mol. The number of hydrogen-bond donors (Lipinski definition) is 0. The van der Waals surface area contributed by atoms with E-state index in [0.717, 1.165) is 38.4 Å². The van der Waals surface area contributed by atoms with Gasteiger partial charge in [-0.3, -0.25) is 4.90 Å². The Morgan fingerprint density at radius 1 is 1.00 bits per heavy atom. The molecule has 0 bridgehead atoms. The summed E-state index contributed by atoms with van der Waals surface area (Å²) in [5.41, 5.74) is 3.51. The highest BCUT2D eigenvalue weighted by molar-refractivity contribution is 5.78. The third kappa shape index (κ3) is 3.17. The molecule has 5 nitrogen and oxygen atoms in total. The quantitative estimate of drug-likeness (QED) is 0.848. The molecule has 2 atom stereocenters. The minimum Gasteiger partial charge on any atom is -0.379 e. The van der Waals surface area contributed by atoms with Crippen molar-refractivity contribution >= 4 is 5.69 Å². The minimum atomic E-state index is 0.166. The van der Waals surface area contributed by atoms with Crippen LogP contribution in [0.15, 0.2) is 64.9 Å². The van der Waals surface area contributed by atoms with E-state index in [2.05, 4.69) is 75.7 Å². The first-order valence-electron chi connectivity index (χ1n) is 9.04. The molecule has 2 aliphatic heterocycles. The van der Waals surface area contributed by atoms with Gasteiger partial charge in [-0.05, 0) is 18.1 Å². The van der Waals surface area contributed by atoms with Gasteiger partial charge in [-0.25, -0.2) is 5.01 Å². The number of ether oxygens (including phenoxy) is 1. The number of nitrogens with zero attached hydrogens (tertiary/aromatic N) is 4. The summed E-state index contributed by atoms with van der Waals surface area (Å²) in [6.45, 7) is 5.60. The van der Waals surface area contributed by atoms with E-state index in [9.17, 15) is 0 Å². The minimum absolute atomic E-state index is 0.166. The van der Waals surface area contributed by atoms with Crippen LogP contribution in [0.5, 0.6) is 0 Å². The second kappa shape index (κ2) is 7.33. The second-order valence-electron chi connectivity index (χ2n) is 6.47. The third-order valence-corrected chi connectivity index (χ3v) is 4.96. The van der Waals surface area contributed by atoms with Crippen molar-refractivity contribution in [2.45, 2.75) is 25.6 Å². The number of anilines is 1. The molecule has 1 saturated heterocycles. The summed E-state index contributed by atoms with van der Waals surface area (Å²) in [7, 11) is 0. The maximum Gasteiger partial charge on any atom is 0.131 e. The van der Waals surface area contributed by atoms with Crippen LogP contribution in [-0.2, 0) is 4.74 Å². The monoisotopic (exact) mass is 336 g/mol. The predicted octanol–water partition coefficient (Wildman–Crippen LogP) is 3.98. The molecule has 130 valence electrons. The van der Waals surface area contributed by atoms with Gasteiger partial charge in [0.05, 0.1) is 18.9 Å². The Bertz CT molecular complexity index is 727. The highest BCUT2D eigenvalue weighted by atomic mass is 16.5. The highest BCUT2D eigenvalue weighted by Crippen LogP contribution is 2.36. The van der Waals surface area contributed by atoms with Crippen LogP contribution in [0.4, 0.5) is 5.69 Å². The molecule has 25 heavy (non-hydrogen) atoms. The van der Waals surface area contributed by atoms with E-state index >= 15 is 0 Å². The zero-order valence-electron chi connectivity index (χ0n) is 14.6. The normalized spacial score (nSPS) is 24.0. The third-order valence-electron chi connectivity index (χ3n) is 4.96. The van der Waals surface area contributed by atoms with Crippen LogP contribution in [-0.4, -0.2) is 43.4 Å². The van der Waals surface area contributed by atoms with Crippen LogP contribution in [0.25, 0.3) is 11.1 Å². The van der Waals surface area contributed by atoms with Crippen LogP contribution in [0, 0.1) is 0 Å². The van der Waals surface area contributed by atoms with Gasteiger partial charge in [0.2, 0.25) is 0 Å². The molecule has 0 N–H and O–H groups in total. The number of hydrogen-bond acceptors (Lipinski definition) is 5. The molecule has 0 saturated carbocycles. The molecule has 0 aliphatic carbocycles. The Hall–Kier alpha value is -2.24. The van der Waals surface area contributed by atoms with E-state index in [1.54, 1.807) is 0 Å². The number of para-hydroxylation sites is 1. The van der Waals surface area contributed by atoms with E-state index in [4.69, 9.17) is 4.74 Å². The van der Waals surface area contributed by atoms with Gasteiger partial charge < -0.3 is 4.74 Å². The van der Waals surface area contributed by atoms with Crippen molar-refractivity contribution in [3.8, 4) is 11.1 Å². The molecule has 2 heterocycles. The zero-order valence-corrected chi connectivity index (χ0v) is 14.6. The summed E-state index contributed by atoms with van der Waals surface area (Å²) < 4.78 is 5.54. The summed E-state index contributed by atoms with van der Waals surface area (Å²) in [5, 5.41) is 11.3. The van der Waals surface area contributed by atoms with E-state index in [1.807, 2.05) is 6.07 Å². The topological polar surface area (TPSA) is 40.4 Å².